The van der Waals surface area contributed by atoms with E-state index < -0.39 is 0 Å². The van der Waals surface area contributed by atoms with Crippen molar-refractivity contribution in [3.05, 3.63) is 22.0 Å². The van der Waals surface area contributed by atoms with Gasteiger partial charge < -0.3 is 9.64 Å². The van der Waals surface area contributed by atoms with Crippen LogP contribution in [0.5, 0.6) is 0 Å². The van der Waals surface area contributed by atoms with Crippen LogP contribution in [-0.4, -0.2) is 36.6 Å². The third-order valence-electron chi connectivity index (χ3n) is 2.66. The Bertz CT molecular complexity index is 247. The van der Waals surface area contributed by atoms with Gasteiger partial charge in [-0.3, -0.25) is 10.1 Å². The number of hydrogen-bond acceptors (Lipinski definition) is 4. The highest BCUT2D eigenvalue weighted by atomic mass is 16.6. The summed E-state index contributed by atoms with van der Waals surface area (Å²) >= 11 is 0. The fourth-order valence-corrected chi connectivity index (χ4v) is 1.81. The summed E-state index contributed by atoms with van der Waals surface area (Å²) in [5, 5.41) is 10.4. The molecule has 0 aromatic carbocycles. The zero-order valence-electron chi connectivity index (χ0n) is 9.31. The topological polar surface area (TPSA) is 55.6 Å². The van der Waals surface area contributed by atoms with Crippen molar-refractivity contribution in [2.45, 2.75) is 19.8 Å². The van der Waals surface area contributed by atoms with E-state index in [-0.39, 0.29) is 4.92 Å². The van der Waals surface area contributed by atoms with Crippen LogP contribution in [0, 0.1) is 16.0 Å². The van der Waals surface area contributed by atoms with Gasteiger partial charge in [-0.15, -0.1) is 0 Å². The molecule has 1 rings (SSSR count). The average molecular weight is 214 g/mol. The molecule has 5 heteroatoms. The minimum Gasteiger partial charge on any atom is -0.381 e. The predicted octanol–water partition coefficient (Wildman–Crippen LogP) is 1.48. The molecule has 0 N–H and O–H groups in total. The lowest BCUT2D eigenvalue weighted by molar-refractivity contribution is -0.404. The van der Waals surface area contributed by atoms with E-state index in [1.807, 2.05) is 18.9 Å². The lowest BCUT2D eigenvalue weighted by Gasteiger charge is -2.22. The summed E-state index contributed by atoms with van der Waals surface area (Å²) in [4.78, 5) is 12.0. The molecule has 0 aromatic heterocycles. The molecule has 1 aliphatic rings. The second kappa shape index (κ2) is 5.70. The highest BCUT2D eigenvalue weighted by molar-refractivity contribution is 4.95. The van der Waals surface area contributed by atoms with E-state index in [9.17, 15) is 10.1 Å². The molecule has 0 radical (unpaired) electrons. The van der Waals surface area contributed by atoms with Crippen LogP contribution < -0.4 is 0 Å². The Hall–Kier alpha value is -1.10. The monoisotopic (exact) mass is 214 g/mol. The Morgan fingerprint density at radius 3 is 2.93 bits per heavy atom. The summed E-state index contributed by atoms with van der Waals surface area (Å²) in [7, 11) is 1.90. The van der Waals surface area contributed by atoms with Gasteiger partial charge in [0.05, 0.1) is 17.2 Å². The Labute approximate surface area is 89.9 Å². The maximum Gasteiger partial charge on any atom is 0.253 e. The molecule has 1 unspecified atom stereocenters. The number of nitrogens with zero attached hydrogens (tertiary/aromatic N) is 2. The first-order chi connectivity index (χ1) is 7.13. The van der Waals surface area contributed by atoms with E-state index in [0.717, 1.165) is 38.1 Å². The molecular weight excluding hydrogens is 196 g/mol. The minimum atomic E-state index is -0.388. The molecule has 86 valence electrons. The molecule has 1 fully saturated rings. The minimum absolute atomic E-state index is 0.388. The molecule has 0 amide bonds. The van der Waals surface area contributed by atoms with Gasteiger partial charge in [0.1, 0.15) is 0 Å². The first kappa shape index (κ1) is 12.0. The third-order valence-corrected chi connectivity index (χ3v) is 2.66. The van der Waals surface area contributed by atoms with Crippen molar-refractivity contribution in [2.24, 2.45) is 5.92 Å². The zero-order valence-corrected chi connectivity index (χ0v) is 9.31. The summed E-state index contributed by atoms with van der Waals surface area (Å²) in [6.07, 6.45) is 2.83. The van der Waals surface area contributed by atoms with Crippen molar-refractivity contribution in [1.29, 1.82) is 0 Å². The summed E-state index contributed by atoms with van der Waals surface area (Å²) in [6.45, 7) is 4.36. The standard InChI is InChI=1S/C10H18N2O3/c1-3-10(7-12(13)14)11(2)6-9-4-5-15-8-9/h7,9H,3-6,8H2,1-2H3/b10-7+. The summed E-state index contributed by atoms with van der Waals surface area (Å²) < 4.78 is 5.27. The molecule has 1 saturated heterocycles. The van der Waals surface area contributed by atoms with Crippen molar-refractivity contribution >= 4 is 0 Å². The van der Waals surface area contributed by atoms with Crippen LogP contribution in [-0.2, 0) is 4.74 Å². The summed E-state index contributed by atoms with van der Waals surface area (Å²) in [6, 6.07) is 0. The maximum absolute atomic E-state index is 10.4. The normalized spacial score (nSPS) is 21.7. The largest absolute Gasteiger partial charge is 0.381 e. The zero-order chi connectivity index (χ0) is 11.3. The fraction of sp³-hybridized carbons (Fsp3) is 0.800. The van der Waals surface area contributed by atoms with Crippen LogP contribution >= 0.6 is 0 Å². The lowest BCUT2D eigenvalue weighted by Crippen LogP contribution is -2.25. The summed E-state index contributed by atoms with van der Waals surface area (Å²) in [5.74, 6) is 0.511. The van der Waals surface area contributed by atoms with Crippen LogP contribution in [0.25, 0.3) is 0 Å². The second-order valence-electron chi connectivity index (χ2n) is 3.87. The van der Waals surface area contributed by atoms with Gasteiger partial charge in [-0.2, -0.15) is 0 Å². The van der Waals surface area contributed by atoms with Gasteiger partial charge >= 0.3 is 0 Å². The number of hydrogen-bond donors (Lipinski definition) is 0. The number of nitro groups is 1. The van der Waals surface area contributed by atoms with Crippen LogP contribution in [0.3, 0.4) is 0 Å². The van der Waals surface area contributed by atoms with E-state index in [4.69, 9.17) is 4.74 Å². The number of allylic oxidation sites excluding steroid dienone is 1. The van der Waals surface area contributed by atoms with Gasteiger partial charge in [-0.1, -0.05) is 6.92 Å². The Morgan fingerprint density at radius 2 is 2.47 bits per heavy atom. The van der Waals surface area contributed by atoms with E-state index in [2.05, 4.69) is 0 Å². The molecule has 0 aliphatic carbocycles. The Balaban J connectivity index is 2.48. The smallest absolute Gasteiger partial charge is 0.253 e. The third kappa shape index (κ3) is 3.87. The van der Waals surface area contributed by atoms with E-state index in [1.54, 1.807) is 0 Å². The van der Waals surface area contributed by atoms with Gasteiger partial charge in [0.15, 0.2) is 0 Å². The molecule has 0 aromatic rings. The second-order valence-corrected chi connectivity index (χ2v) is 3.87. The quantitative estimate of drug-likeness (QED) is 0.514. The number of rotatable bonds is 5. The molecule has 1 atom stereocenters. The average Bonchev–Trinajstić information content (AvgIpc) is 2.66. The molecule has 0 bridgehead atoms. The predicted molar refractivity (Wildman–Crippen MR) is 56.9 cm³/mol. The van der Waals surface area contributed by atoms with Crippen LogP contribution in [0.2, 0.25) is 0 Å². The molecular formula is C10H18N2O3. The van der Waals surface area contributed by atoms with E-state index in [0.29, 0.717) is 12.3 Å². The highest BCUT2D eigenvalue weighted by Gasteiger charge is 2.19. The SMILES string of the molecule is CC/C(=C\[N+](=O)[O-])N(C)CC1CCOC1. The molecule has 15 heavy (non-hydrogen) atoms. The van der Waals surface area contributed by atoms with Gasteiger partial charge in [0, 0.05) is 26.1 Å². The fourth-order valence-electron chi connectivity index (χ4n) is 1.81. The molecule has 1 heterocycles. The molecule has 5 nitrogen and oxygen atoms in total. The first-order valence-electron chi connectivity index (χ1n) is 5.26. The van der Waals surface area contributed by atoms with Crippen molar-refractivity contribution in [1.82, 2.24) is 4.90 Å². The highest BCUT2D eigenvalue weighted by Crippen LogP contribution is 2.16. The van der Waals surface area contributed by atoms with Gasteiger partial charge in [0.2, 0.25) is 0 Å². The maximum atomic E-state index is 10.4. The first-order valence-corrected chi connectivity index (χ1v) is 5.26. The van der Waals surface area contributed by atoms with Gasteiger partial charge in [-0.05, 0) is 12.8 Å². The molecule has 0 spiro atoms. The Kier molecular flexibility index (Phi) is 4.55. The van der Waals surface area contributed by atoms with Gasteiger partial charge in [-0.25, -0.2) is 0 Å². The lowest BCUT2D eigenvalue weighted by atomic mass is 10.1. The van der Waals surface area contributed by atoms with Crippen molar-refractivity contribution in [3.8, 4) is 0 Å². The number of ether oxygens (including phenoxy) is 1. The van der Waals surface area contributed by atoms with Crippen molar-refractivity contribution in [3.63, 3.8) is 0 Å². The molecule has 1 aliphatic heterocycles. The van der Waals surface area contributed by atoms with Crippen molar-refractivity contribution < 1.29 is 9.66 Å². The Morgan fingerprint density at radius 1 is 1.73 bits per heavy atom. The summed E-state index contributed by atoms with van der Waals surface area (Å²) in [5.41, 5.74) is 0.770. The van der Waals surface area contributed by atoms with Crippen LogP contribution in [0.1, 0.15) is 19.8 Å². The van der Waals surface area contributed by atoms with Crippen molar-refractivity contribution in [2.75, 3.05) is 26.8 Å². The van der Waals surface area contributed by atoms with Crippen LogP contribution in [0.4, 0.5) is 0 Å². The molecule has 0 saturated carbocycles. The van der Waals surface area contributed by atoms with E-state index in [1.165, 1.54) is 0 Å². The van der Waals surface area contributed by atoms with Crippen LogP contribution in [0.15, 0.2) is 11.9 Å². The van der Waals surface area contributed by atoms with Gasteiger partial charge in [0.25, 0.3) is 6.20 Å². The van der Waals surface area contributed by atoms with E-state index >= 15 is 0 Å².